The number of rotatable bonds is 3. The molecule has 2 rings (SSSR count). The fraction of sp³-hybridized carbons (Fsp3) is 0.267. The number of nitrogens with one attached hydrogen (secondary N) is 1. The zero-order valence-corrected chi connectivity index (χ0v) is 11.2. The van der Waals surface area contributed by atoms with Crippen LogP contribution in [0.4, 0.5) is 13.2 Å². The third-order valence-electron chi connectivity index (χ3n) is 3.16. The van der Waals surface area contributed by atoms with Crippen LogP contribution < -0.4 is 5.32 Å². The molecule has 1 aromatic carbocycles. The van der Waals surface area contributed by atoms with Gasteiger partial charge in [-0.15, -0.1) is 0 Å². The Morgan fingerprint density at radius 3 is 2.50 bits per heavy atom. The van der Waals surface area contributed by atoms with E-state index in [2.05, 4.69) is 10.3 Å². The molecule has 2 nitrogen and oxygen atoms in total. The number of hydrogen-bond acceptors (Lipinski definition) is 2. The van der Waals surface area contributed by atoms with E-state index < -0.39 is 11.7 Å². The number of alkyl halides is 3. The van der Waals surface area contributed by atoms with Crippen molar-refractivity contribution in [1.82, 2.24) is 10.3 Å². The molecular weight excluding hydrogens is 265 g/mol. The molecule has 20 heavy (non-hydrogen) atoms. The van der Waals surface area contributed by atoms with Crippen LogP contribution in [-0.2, 0) is 6.18 Å². The molecule has 1 heterocycles. The van der Waals surface area contributed by atoms with Crippen molar-refractivity contribution in [2.45, 2.75) is 19.1 Å². The van der Waals surface area contributed by atoms with E-state index in [9.17, 15) is 13.2 Å². The first-order valence-corrected chi connectivity index (χ1v) is 6.19. The summed E-state index contributed by atoms with van der Waals surface area (Å²) in [5, 5.41) is 3.02. The summed E-state index contributed by atoms with van der Waals surface area (Å²) in [6.07, 6.45) is -2.70. The first-order valence-electron chi connectivity index (χ1n) is 6.19. The quantitative estimate of drug-likeness (QED) is 0.927. The maximum Gasteiger partial charge on any atom is 0.416 e. The van der Waals surface area contributed by atoms with Crippen LogP contribution >= 0.6 is 0 Å². The van der Waals surface area contributed by atoms with Crippen LogP contribution in [0.3, 0.4) is 0 Å². The highest BCUT2D eigenvalue weighted by Crippen LogP contribution is 2.32. The van der Waals surface area contributed by atoms with Gasteiger partial charge in [0.15, 0.2) is 0 Å². The summed E-state index contributed by atoms with van der Waals surface area (Å²) < 4.78 is 38.3. The van der Waals surface area contributed by atoms with E-state index >= 15 is 0 Å². The van der Waals surface area contributed by atoms with Crippen molar-refractivity contribution in [3.05, 3.63) is 65.0 Å². The first-order chi connectivity index (χ1) is 9.43. The minimum Gasteiger partial charge on any atom is -0.308 e. The molecule has 0 fully saturated rings. The predicted molar refractivity (Wildman–Crippen MR) is 71.3 cm³/mol. The molecule has 2 aromatic rings. The van der Waals surface area contributed by atoms with E-state index in [0.717, 1.165) is 23.4 Å². The average Bonchev–Trinajstić information content (AvgIpc) is 2.41. The Kier molecular flexibility index (Phi) is 4.09. The van der Waals surface area contributed by atoms with Crippen molar-refractivity contribution in [2.24, 2.45) is 0 Å². The van der Waals surface area contributed by atoms with Crippen molar-refractivity contribution in [3.8, 4) is 0 Å². The monoisotopic (exact) mass is 280 g/mol. The lowest BCUT2D eigenvalue weighted by molar-refractivity contribution is -0.137. The lowest BCUT2D eigenvalue weighted by Crippen LogP contribution is -2.20. The summed E-state index contributed by atoms with van der Waals surface area (Å²) in [6, 6.07) is 8.65. The second-order valence-corrected chi connectivity index (χ2v) is 4.55. The van der Waals surface area contributed by atoms with Crippen LogP contribution in [0.5, 0.6) is 0 Å². The van der Waals surface area contributed by atoms with Gasteiger partial charge in [-0.25, -0.2) is 0 Å². The number of aryl methyl sites for hydroxylation is 1. The molecule has 0 spiro atoms. The molecule has 0 saturated heterocycles. The molecule has 1 atom stereocenters. The molecule has 1 N–H and O–H groups in total. The van der Waals surface area contributed by atoms with E-state index in [0.29, 0.717) is 5.56 Å². The summed E-state index contributed by atoms with van der Waals surface area (Å²) >= 11 is 0. The van der Waals surface area contributed by atoms with E-state index in [4.69, 9.17) is 0 Å². The Bertz CT molecular complexity index is 594. The second kappa shape index (κ2) is 5.63. The molecule has 5 heteroatoms. The van der Waals surface area contributed by atoms with E-state index in [-0.39, 0.29) is 6.04 Å². The highest BCUT2D eigenvalue weighted by atomic mass is 19.4. The molecule has 0 aliphatic carbocycles. The molecule has 1 aromatic heterocycles. The highest BCUT2D eigenvalue weighted by Gasteiger charge is 2.31. The summed E-state index contributed by atoms with van der Waals surface area (Å²) in [7, 11) is 1.71. The van der Waals surface area contributed by atoms with Crippen LogP contribution in [0.25, 0.3) is 0 Å². The third kappa shape index (κ3) is 2.99. The average molecular weight is 280 g/mol. The molecule has 0 radical (unpaired) electrons. The molecule has 0 saturated carbocycles. The molecule has 106 valence electrons. The molecule has 0 bridgehead atoms. The van der Waals surface area contributed by atoms with E-state index in [1.54, 1.807) is 25.4 Å². The number of hydrogen-bond donors (Lipinski definition) is 1. The summed E-state index contributed by atoms with van der Waals surface area (Å²) in [5.41, 5.74) is 1.56. The minimum absolute atomic E-state index is 0.363. The normalized spacial score (nSPS) is 13.2. The topological polar surface area (TPSA) is 24.9 Å². The summed E-state index contributed by atoms with van der Waals surface area (Å²) in [5.74, 6) is 0. The van der Waals surface area contributed by atoms with Crippen LogP contribution in [0, 0.1) is 6.92 Å². The smallest absolute Gasteiger partial charge is 0.308 e. The van der Waals surface area contributed by atoms with Crippen molar-refractivity contribution in [2.75, 3.05) is 7.05 Å². The minimum atomic E-state index is -4.34. The number of halogens is 3. The van der Waals surface area contributed by atoms with Gasteiger partial charge >= 0.3 is 6.18 Å². The van der Waals surface area contributed by atoms with Gasteiger partial charge in [0.25, 0.3) is 0 Å². The van der Waals surface area contributed by atoms with Gasteiger partial charge in [0.2, 0.25) is 0 Å². The first kappa shape index (κ1) is 14.5. The lowest BCUT2D eigenvalue weighted by Gasteiger charge is -2.19. The Hall–Kier alpha value is -1.88. The highest BCUT2D eigenvalue weighted by molar-refractivity contribution is 5.35. The van der Waals surface area contributed by atoms with Gasteiger partial charge in [0, 0.05) is 6.20 Å². The van der Waals surface area contributed by atoms with Crippen LogP contribution in [-0.4, -0.2) is 12.0 Å². The fourth-order valence-corrected chi connectivity index (χ4v) is 2.16. The fourth-order valence-electron chi connectivity index (χ4n) is 2.16. The molecule has 0 aliphatic rings. The zero-order valence-electron chi connectivity index (χ0n) is 11.2. The van der Waals surface area contributed by atoms with E-state index in [1.807, 2.05) is 13.0 Å². The van der Waals surface area contributed by atoms with Gasteiger partial charge in [-0.1, -0.05) is 18.2 Å². The SMILES string of the molecule is CNC(c1cccc(C(F)(F)F)c1)c1ncccc1C. The van der Waals surface area contributed by atoms with Crippen molar-refractivity contribution in [3.63, 3.8) is 0 Å². The Balaban J connectivity index is 2.46. The van der Waals surface area contributed by atoms with Gasteiger partial charge in [0.05, 0.1) is 17.3 Å². The Morgan fingerprint density at radius 2 is 1.90 bits per heavy atom. The molecule has 1 unspecified atom stereocenters. The van der Waals surface area contributed by atoms with Crippen LogP contribution in [0.15, 0.2) is 42.6 Å². The van der Waals surface area contributed by atoms with Gasteiger partial charge < -0.3 is 5.32 Å². The Labute approximate surface area is 115 Å². The zero-order chi connectivity index (χ0) is 14.8. The number of nitrogens with zero attached hydrogens (tertiary/aromatic N) is 1. The third-order valence-corrected chi connectivity index (χ3v) is 3.16. The molecule has 0 aliphatic heterocycles. The Morgan fingerprint density at radius 1 is 1.15 bits per heavy atom. The number of pyridine rings is 1. The van der Waals surface area contributed by atoms with E-state index in [1.165, 1.54) is 6.07 Å². The standard InChI is InChI=1S/C15H15F3N2/c1-10-5-4-8-20-13(10)14(19-2)11-6-3-7-12(9-11)15(16,17)18/h3-9,14,19H,1-2H3. The van der Waals surface area contributed by atoms with Gasteiger partial charge in [-0.2, -0.15) is 13.2 Å². The summed E-state index contributed by atoms with van der Waals surface area (Å²) in [4.78, 5) is 4.27. The predicted octanol–water partition coefficient (Wildman–Crippen LogP) is 3.72. The van der Waals surface area contributed by atoms with Crippen LogP contribution in [0.1, 0.15) is 28.4 Å². The van der Waals surface area contributed by atoms with Crippen molar-refractivity contribution < 1.29 is 13.2 Å². The molecular formula is C15H15F3N2. The maximum atomic E-state index is 12.8. The van der Waals surface area contributed by atoms with Gasteiger partial charge in [0.1, 0.15) is 0 Å². The number of benzene rings is 1. The van der Waals surface area contributed by atoms with Gasteiger partial charge in [-0.3, -0.25) is 4.98 Å². The van der Waals surface area contributed by atoms with Crippen molar-refractivity contribution in [1.29, 1.82) is 0 Å². The van der Waals surface area contributed by atoms with Gasteiger partial charge in [-0.05, 0) is 43.3 Å². The largest absolute Gasteiger partial charge is 0.416 e. The molecule has 0 amide bonds. The second-order valence-electron chi connectivity index (χ2n) is 4.55. The lowest BCUT2D eigenvalue weighted by atomic mass is 9.98. The van der Waals surface area contributed by atoms with Crippen molar-refractivity contribution >= 4 is 0 Å². The van der Waals surface area contributed by atoms with Crippen LogP contribution in [0.2, 0.25) is 0 Å². The summed E-state index contributed by atoms with van der Waals surface area (Å²) in [6.45, 7) is 1.89. The maximum absolute atomic E-state index is 12.8. The number of aromatic nitrogens is 1.